The number of aromatic nitrogens is 3. The van der Waals surface area contributed by atoms with Crippen LogP contribution < -0.4 is 10.1 Å². The summed E-state index contributed by atoms with van der Waals surface area (Å²) in [6.07, 6.45) is 3.53. The van der Waals surface area contributed by atoms with Crippen molar-refractivity contribution in [2.45, 2.75) is 44.2 Å². The SMILES string of the molecule is COc1ccccc1-n1nc(C)nc1[C@H]1CC[C@H]2OCCN[C@@H]2C1.Cl. The molecule has 1 N–H and O–H groups in total. The molecule has 2 fully saturated rings. The lowest BCUT2D eigenvalue weighted by Crippen LogP contribution is -2.51. The molecule has 2 aromatic rings. The minimum atomic E-state index is 0. The van der Waals surface area contributed by atoms with E-state index in [4.69, 9.17) is 14.5 Å². The lowest BCUT2D eigenvalue weighted by atomic mass is 9.82. The predicted molar refractivity (Wildman–Crippen MR) is 98.0 cm³/mol. The second-order valence-electron chi connectivity index (χ2n) is 6.58. The summed E-state index contributed by atoms with van der Waals surface area (Å²) in [7, 11) is 1.69. The van der Waals surface area contributed by atoms with Gasteiger partial charge in [-0.2, -0.15) is 5.10 Å². The summed E-state index contributed by atoms with van der Waals surface area (Å²) in [4.78, 5) is 4.75. The van der Waals surface area contributed by atoms with E-state index >= 15 is 0 Å². The zero-order chi connectivity index (χ0) is 16.5. The number of halogens is 1. The highest BCUT2D eigenvalue weighted by molar-refractivity contribution is 5.85. The average molecular weight is 365 g/mol. The molecule has 0 radical (unpaired) electrons. The van der Waals surface area contributed by atoms with E-state index in [0.717, 1.165) is 55.5 Å². The van der Waals surface area contributed by atoms with E-state index < -0.39 is 0 Å². The highest BCUT2D eigenvalue weighted by Gasteiger charge is 2.36. The number of nitrogens with zero attached hydrogens (tertiary/aromatic N) is 3. The first kappa shape index (κ1) is 18.2. The van der Waals surface area contributed by atoms with Crippen LogP contribution >= 0.6 is 12.4 Å². The Labute approximate surface area is 154 Å². The van der Waals surface area contributed by atoms with Crippen LogP contribution in [0.3, 0.4) is 0 Å². The molecule has 3 atom stereocenters. The molecule has 7 heteroatoms. The van der Waals surface area contributed by atoms with Crippen molar-refractivity contribution in [2.24, 2.45) is 0 Å². The van der Waals surface area contributed by atoms with E-state index in [1.54, 1.807) is 7.11 Å². The van der Waals surface area contributed by atoms with Crippen molar-refractivity contribution in [3.8, 4) is 11.4 Å². The second kappa shape index (κ2) is 7.72. The zero-order valence-corrected chi connectivity index (χ0v) is 15.5. The van der Waals surface area contributed by atoms with Crippen LogP contribution in [0.1, 0.15) is 36.8 Å². The maximum absolute atomic E-state index is 5.90. The van der Waals surface area contributed by atoms with Crippen molar-refractivity contribution in [1.82, 2.24) is 20.1 Å². The van der Waals surface area contributed by atoms with E-state index in [2.05, 4.69) is 10.4 Å². The van der Waals surface area contributed by atoms with Gasteiger partial charge in [0.2, 0.25) is 0 Å². The molecule has 1 saturated carbocycles. The second-order valence-corrected chi connectivity index (χ2v) is 6.58. The highest BCUT2D eigenvalue weighted by Crippen LogP contribution is 2.36. The van der Waals surface area contributed by atoms with Crippen molar-refractivity contribution >= 4 is 12.4 Å². The average Bonchev–Trinajstić information content (AvgIpc) is 3.03. The Bertz CT molecular complexity index is 721. The number of benzene rings is 1. The number of para-hydroxylation sites is 2. The van der Waals surface area contributed by atoms with Crippen LogP contribution in [0.5, 0.6) is 5.75 Å². The van der Waals surface area contributed by atoms with Gasteiger partial charge >= 0.3 is 0 Å². The molecule has 2 aliphatic rings. The van der Waals surface area contributed by atoms with Gasteiger partial charge in [-0.25, -0.2) is 9.67 Å². The van der Waals surface area contributed by atoms with Gasteiger partial charge in [-0.05, 0) is 38.3 Å². The van der Waals surface area contributed by atoms with Crippen molar-refractivity contribution in [2.75, 3.05) is 20.3 Å². The number of morpholine rings is 1. The number of rotatable bonds is 3. The number of nitrogens with one attached hydrogen (secondary N) is 1. The summed E-state index contributed by atoms with van der Waals surface area (Å²) in [5.74, 6) is 3.02. The Morgan fingerprint density at radius 3 is 2.96 bits per heavy atom. The fourth-order valence-electron chi connectivity index (χ4n) is 3.92. The van der Waals surface area contributed by atoms with Gasteiger partial charge in [-0.3, -0.25) is 0 Å². The topological polar surface area (TPSA) is 61.2 Å². The van der Waals surface area contributed by atoms with Crippen LogP contribution in [0.25, 0.3) is 5.69 Å². The molecule has 1 aliphatic heterocycles. The molecule has 25 heavy (non-hydrogen) atoms. The lowest BCUT2D eigenvalue weighted by molar-refractivity contribution is -0.0281. The monoisotopic (exact) mass is 364 g/mol. The molecule has 136 valence electrons. The van der Waals surface area contributed by atoms with E-state index in [-0.39, 0.29) is 12.4 Å². The number of hydrogen-bond acceptors (Lipinski definition) is 5. The molecule has 2 heterocycles. The summed E-state index contributed by atoms with van der Waals surface area (Å²) in [5, 5.41) is 8.24. The van der Waals surface area contributed by atoms with Gasteiger partial charge in [-0.15, -0.1) is 12.4 Å². The third kappa shape index (κ3) is 3.52. The Balaban J connectivity index is 0.00000182. The molecular formula is C18H25ClN4O2. The first-order valence-corrected chi connectivity index (χ1v) is 8.68. The molecule has 1 aromatic carbocycles. The molecule has 0 bridgehead atoms. The Kier molecular flexibility index (Phi) is 5.61. The minimum Gasteiger partial charge on any atom is -0.494 e. The summed E-state index contributed by atoms with van der Waals surface area (Å²) in [5.41, 5.74) is 0.950. The van der Waals surface area contributed by atoms with E-state index in [0.29, 0.717) is 18.1 Å². The van der Waals surface area contributed by atoms with Gasteiger partial charge in [0.25, 0.3) is 0 Å². The first-order valence-electron chi connectivity index (χ1n) is 8.68. The Hall–Kier alpha value is -1.63. The van der Waals surface area contributed by atoms with E-state index in [9.17, 15) is 0 Å². The zero-order valence-electron chi connectivity index (χ0n) is 14.6. The van der Waals surface area contributed by atoms with Gasteiger partial charge in [0, 0.05) is 18.5 Å². The molecule has 6 nitrogen and oxygen atoms in total. The van der Waals surface area contributed by atoms with E-state index in [1.165, 1.54) is 0 Å². The number of methoxy groups -OCH3 is 1. The van der Waals surface area contributed by atoms with Crippen LogP contribution in [0.2, 0.25) is 0 Å². The number of hydrogen-bond donors (Lipinski definition) is 1. The molecule has 4 rings (SSSR count). The van der Waals surface area contributed by atoms with Crippen LogP contribution in [0.4, 0.5) is 0 Å². The fraction of sp³-hybridized carbons (Fsp3) is 0.556. The Morgan fingerprint density at radius 2 is 2.12 bits per heavy atom. The minimum absolute atomic E-state index is 0. The summed E-state index contributed by atoms with van der Waals surface area (Å²) in [6.45, 7) is 3.71. The predicted octanol–water partition coefficient (Wildman–Crippen LogP) is 2.63. The van der Waals surface area contributed by atoms with Gasteiger partial charge in [0.15, 0.2) is 0 Å². The number of fused-ring (bicyclic) bond motifs is 1. The largest absolute Gasteiger partial charge is 0.494 e. The third-order valence-corrected chi connectivity index (χ3v) is 5.04. The van der Waals surface area contributed by atoms with Gasteiger partial charge in [-0.1, -0.05) is 12.1 Å². The summed E-state index contributed by atoms with van der Waals surface area (Å²) < 4.78 is 13.4. The fourth-order valence-corrected chi connectivity index (χ4v) is 3.92. The molecule has 0 unspecified atom stereocenters. The molecule has 1 saturated heterocycles. The van der Waals surface area contributed by atoms with Crippen LogP contribution in [0.15, 0.2) is 24.3 Å². The van der Waals surface area contributed by atoms with Gasteiger partial charge in [0.1, 0.15) is 23.1 Å². The Morgan fingerprint density at radius 1 is 1.28 bits per heavy atom. The first-order chi connectivity index (χ1) is 11.8. The quantitative estimate of drug-likeness (QED) is 0.907. The van der Waals surface area contributed by atoms with Crippen LogP contribution in [-0.2, 0) is 4.74 Å². The van der Waals surface area contributed by atoms with Crippen molar-refractivity contribution in [3.63, 3.8) is 0 Å². The van der Waals surface area contributed by atoms with E-state index in [1.807, 2.05) is 35.9 Å². The van der Waals surface area contributed by atoms with Gasteiger partial charge < -0.3 is 14.8 Å². The van der Waals surface area contributed by atoms with Gasteiger partial charge in [0.05, 0.1) is 19.8 Å². The molecule has 1 aliphatic carbocycles. The maximum atomic E-state index is 5.90. The number of ether oxygens (including phenoxy) is 2. The molecular weight excluding hydrogens is 340 g/mol. The third-order valence-electron chi connectivity index (χ3n) is 5.04. The summed E-state index contributed by atoms with van der Waals surface area (Å²) >= 11 is 0. The molecule has 1 aromatic heterocycles. The molecule has 0 amide bonds. The lowest BCUT2D eigenvalue weighted by Gasteiger charge is -2.39. The van der Waals surface area contributed by atoms with Crippen molar-refractivity contribution in [3.05, 3.63) is 35.9 Å². The summed E-state index contributed by atoms with van der Waals surface area (Å²) in [6, 6.07) is 8.39. The van der Waals surface area contributed by atoms with Crippen molar-refractivity contribution < 1.29 is 9.47 Å². The number of aryl methyl sites for hydroxylation is 1. The standard InChI is InChI=1S/C18H24N4O2.ClH/c1-12-20-18(13-7-8-16-14(11-13)19-9-10-24-16)22(21-12)15-5-3-4-6-17(15)23-2;/h3-6,13-14,16,19H,7-11H2,1-2H3;1H/t13-,14+,16+;/m0./s1. The van der Waals surface area contributed by atoms with Crippen LogP contribution in [0, 0.1) is 6.92 Å². The van der Waals surface area contributed by atoms with Crippen molar-refractivity contribution in [1.29, 1.82) is 0 Å². The smallest absolute Gasteiger partial charge is 0.148 e. The molecule has 0 spiro atoms. The maximum Gasteiger partial charge on any atom is 0.148 e. The van der Waals surface area contributed by atoms with Crippen LogP contribution in [-0.4, -0.2) is 47.2 Å². The normalized spacial score (nSPS) is 25.8. The highest BCUT2D eigenvalue weighted by atomic mass is 35.5.